The van der Waals surface area contributed by atoms with Gasteiger partial charge in [-0.15, -0.1) is 0 Å². The Hall–Kier alpha value is -0.870. The molecule has 62 valence electrons. The van der Waals surface area contributed by atoms with Gasteiger partial charge in [0.1, 0.15) is 6.61 Å². The molecule has 0 saturated heterocycles. The molecule has 0 aliphatic rings. The summed E-state index contributed by atoms with van der Waals surface area (Å²) in [6, 6.07) is 1.97. The van der Waals surface area contributed by atoms with Crippen molar-refractivity contribution in [2.75, 3.05) is 0 Å². The van der Waals surface area contributed by atoms with Crippen LogP contribution < -0.4 is 5.90 Å². The van der Waals surface area contributed by atoms with Gasteiger partial charge in [-0.05, 0) is 19.9 Å². The normalized spacial score (nSPS) is 10.5. The van der Waals surface area contributed by atoms with Crippen molar-refractivity contribution >= 4 is 0 Å². The lowest BCUT2D eigenvalue weighted by atomic mass is 10.4. The van der Waals surface area contributed by atoms with Crippen LogP contribution in [0.4, 0.5) is 0 Å². The van der Waals surface area contributed by atoms with E-state index in [0.29, 0.717) is 6.61 Å². The fourth-order valence-corrected chi connectivity index (χ4v) is 1.07. The van der Waals surface area contributed by atoms with Crippen LogP contribution in [0.3, 0.4) is 0 Å². The van der Waals surface area contributed by atoms with Gasteiger partial charge in [0.05, 0.1) is 11.4 Å². The summed E-state index contributed by atoms with van der Waals surface area (Å²) in [5, 5.41) is 4.23. The number of nitrogens with two attached hydrogens (primary N) is 1. The van der Waals surface area contributed by atoms with Gasteiger partial charge in [0.2, 0.25) is 0 Å². The summed E-state index contributed by atoms with van der Waals surface area (Å²) in [4.78, 5) is 4.52. The molecular weight excluding hydrogens is 142 g/mol. The Bertz CT molecular complexity index is 232. The van der Waals surface area contributed by atoms with E-state index < -0.39 is 0 Å². The molecule has 4 nitrogen and oxygen atoms in total. The van der Waals surface area contributed by atoms with E-state index in [1.54, 1.807) is 0 Å². The van der Waals surface area contributed by atoms with Gasteiger partial charge >= 0.3 is 0 Å². The molecule has 0 aromatic carbocycles. The van der Waals surface area contributed by atoms with Crippen molar-refractivity contribution < 1.29 is 4.84 Å². The van der Waals surface area contributed by atoms with Crippen LogP contribution in [0.1, 0.15) is 18.3 Å². The lowest BCUT2D eigenvalue weighted by Crippen LogP contribution is -2.06. The SMILES string of the molecule is CCn1nc(C)cc1CON. The van der Waals surface area contributed by atoms with Gasteiger partial charge in [-0.1, -0.05) is 0 Å². The van der Waals surface area contributed by atoms with Crippen LogP contribution in [-0.4, -0.2) is 9.78 Å². The Balaban J connectivity index is 2.83. The Labute approximate surface area is 65.9 Å². The minimum Gasteiger partial charge on any atom is -0.298 e. The molecule has 0 aliphatic carbocycles. The molecule has 0 aliphatic heterocycles. The van der Waals surface area contributed by atoms with Crippen LogP contribution in [0, 0.1) is 6.92 Å². The topological polar surface area (TPSA) is 53.1 Å². The van der Waals surface area contributed by atoms with Gasteiger partial charge in [-0.2, -0.15) is 5.10 Å². The number of aryl methyl sites for hydroxylation is 2. The third kappa shape index (κ3) is 1.78. The quantitative estimate of drug-likeness (QED) is 0.650. The fourth-order valence-electron chi connectivity index (χ4n) is 1.07. The lowest BCUT2D eigenvalue weighted by molar-refractivity contribution is 0.118. The van der Waals surface area contributed by atoms with Crippen LogP contribution in [0.2, 0.25) is 0 Å². The second kappa shape index (κ2) is 3.50. The van der Waals surface area contributed by atoms with E-state index in [-0.39, 0.29) is 0 Å². The summed E-state index contributed by atoms with van der Waals surface area (Å²) in [6.45, 7) is 5.26. The maximum Gasteiger partial charge on any atom is 0.110 e. The molecule has 1 aromatic heterocycles. The van der Waals surface area contributed by atoms with Crippen LogP contribution in [-0.2, 0) is 18.0 Å². The van der Waals surface area contributed by atoms with E-state index in [9.17, 15) is 0 Å². The highest BCUT2D eigenvalue weighted by Gasteiger charge is 2.01. The second-order valence-corrected chi connectivity index (χ2v) is 2.40. The minimum atomic E-state index is 0.425. The molecule has 1 rings (SSSR count). The van der Waals surface area contributed by atoms with E-state index in [0.717, 1.165) is 17.9 Å². The molecule has 0 spiro atoms. The van der Waals surface area contributed by atoms with Gasteiger partial charge in [0.25, 0.3) is 0 Å². The molecule has 0 unspecified atom stereocenters. The average molecular weight is 155 g/mol. The van der Waals surface area contributed by atoms with Crippen LogP contribution in [0.15, 0.2) is 6.07 Å². The molecule has 0 atom stereocenters. The molecule has 0 amide bonds. The molecule has 1 heterocycles. The zero-order valence-electron chi connectivity index (χ0n) is 6.87. The van der Waals surface area contributed by atoms with E-state index in [1.807, 2.05) is 24.6 Å². The lowest BCUT2D eigenvalue weighted by Gasteiger charge is -2.00. The molecule has 1 aromatic rings. The summed E-state index contributed by atoms with van der Waals surface area (Å²) in [5.74, 6) is 4.95. The van der Waals surface area contributed by atoms with Gasteiger partial charge in [0.15, 0.2) is 0 Å². The predicted octanol–water partition coefficient (Wildman–Crippen LogP) is 0.602. The highest BCUT2D eigenvalue weighted by Crippen LogP contribution is 2.03. The number of nitrogens with zero attached hydrogens (tertiary/aromatic N) is 2. The average Bonchev–Trinajstić information content (AvgIpc) is 2.32. The molecular formula is C7H13N3O. The van der Waals surface area contributed by atoms with Gasteiger partial charge in [-0.3, -0.25) is 9.52 Å². The van der Waals surface area contributed by atoms with Crippen molar-refractivity contribution in [2.45, 2.75) is 27.0 Å². The number of hydrogen-bond acceptors (Lipinski definition) is 3. The zero-order valence-corrected chi connectivity index (χ0v) is 6.87. The highest BCUT2D eigenvalue weighted by atomic mass is 16.6. The molecule has 0 radical (unpaired) electrons. The number of hydrogen-bond donors (Lipinski definition) is 1. The summed E-state index contributed by atoms with van der Waals surface area (Å²) in [7, 11) is 0. The molecule has 4 heteroatoms. The van der Waals surface area contributed by atoms with Crippen molar-refractivity contribution in [2.24, 2.45) is 5.90 Å². The smallest absolute Gasteiger partial charge is 0.110 e. The maximum absolute atomic E-state index is 4.95. The Morgan fingerprint density at radius 2 is 2.45 bits per heavy atom. The van der Waals surface area contributed by atoms with Gasteiger partial charge in [-0.25, -0.2) is 5.90 Å². The molecule has 0 bridgehead atoms. The molecule has 2 N–H and O–H groups in total. The highest BCUT2D eigenvalue weighted by molar-refractivity contribution is 5.07. The second-order valence-electron chi connectivity index (χ2n) is 2.40. The first-order valence-corrected chi connectivity index (χ1v) is 3.63. The van der Waals surface area contributed by atoms with E-state index in [1.165, 1.54) is 0 Å². The monoisotopic (exact) mass is 155 g/mol. The fraction of sp³-hybridized carbons (Fsp3) is 0.571. The molecule has 11 heavy (non-hydrogen) atoms. The van der Waals surface area contributed by atoms with E-state index in [4.69, 9.17) is 5.90 Å². The number of rotatable bonds is 3. The van der Waals surface area contributed by atoms with Crippen LogP contribution in [0.25, 0.3) is 0 Å². The van der Waals surface area contributed by atoms with Crippen molar-refractivity contribution in [3.05, 3.63) is 17.5 Å². The van der Waals surface area contributed by atoms with Crippen molar-refractivity contribution in [1.29, 1.82) is 0 Å². The third-order valence-corrected chi connectivity index (χ3v) is 1.52. The summed E-state index contributed by atoms with van der Waals surface area (Å²) in [6.07, 6.45) is 0. The first-order chi connectivity index (χ1) is 5.27. The van der Waals surface area contributed by atoms with E-state index >= 15 is 0 Å². The third-order valence-electron chi connectivity index (χ3n) is 1.52. The minimum absolute atomic E-state index is 0.425. The van der Waals surface area contributed by atoms with Crippen LogP contribution >= 0.6 is 0 Å². The van der Waals surface area contributed by atoms with Crippen molar-refractivity contribution in [1.82, 2.24) is 9.78 Å². The zero-order chi connectivity index (χ0) is 8.27. The first-order valence-electron chi connectivity index (χ1n) is 3.63. The van der Waals surface area contributed by atoms with Gasteiger partial charge in [0, 0.05) is 6.54 Å². The van der Waals surface area contributed by atoms with E-state index in [2.05, 4.69) is 9.94 Å². The van der Waals surface area contributed by atoms with Gasteiger partial charge < -0.3 is 0 Å². The Morgan fingerprint density at radius 3 is 3.00 bits per heavy atom. The largest absolute Gasteiger partial charge is 0.298 e. The Kier molecular flexibility index (Phi) is 2.62. The summed E-state index contributed by atoms with van der Waals surface area (Å²) >= 11 is 0. The molecule has 0 saturated carbocycles. The van der Waals surface area contributed by atoms with Crippen LogP contribution in [0.5, 0.6) is 0 Å². The van der Waals surface area contributed by atoms with Crippen molar-refractivity contribution in [3.63, 3.8) is 0 Å². The first kappa shape index (κ1) is 8.23. The Morgan fingerprint density at radius 1 is 1.73 bits per heavy atom. The predicted molar refractivity (Wildman–Crippen MR) is 41.6 cm³/mol. The number of aromatic nitrogens is 2. The maximum atomic E-state index is 4.95. The van der Waals surface area contributed by atoms with Crippen molar-refractivity contribution in [3.8, 4) is 0 Å². The summed E-state index contributed by atoms with van der Waals surface area (Å²) in [5.41, 5.74) is 2.02. The summed E-state index contributed by atoms with van der Waals surface area (Å²) < 4.78 is 1.88. The standard InChI is InChI=1S/C7H13N3O/c1-3-10-7(5-11-8)4-6(2)9-10/h4H,3,5,8H2,1-2H3. The molecule has 0 fully saturated rings.